The summed E-state index contributed by atoms with van der Waals surface area (Å²) in [4.78, 5) is 4.42. The molecule has 0 spiro atoms. The Morgan fingerprint density at radius 3 is 2.16 bits per heavy atom. The minimum atomic E-state index is -1.00. The summed E-state index contributed by atoms with van der Waals surface area (Å²) < 4.78 is 25.3. The second-order valence-corrected chi connectivity index (χ2v) is 8.34. The summed E-state index contributed by atoms with van der Waals surface area (Å²) >= 11 is 3.37. The largest absolute Gasteiger partial charge is 0.384 e. The number of aromatic nitrogens is 1. The molecule has 1 aromatic heterocycles. The van der Waals surface area contributed by atoms with Gasteiger partial charge in [0.15, 0.2) is 12.6 Å². The van der Waals surface area contributed by atoms with E-state index in [0.29, 0.717) is 16.9 Å². The van der Waals surface area contributed by atoms with Crippen LogP contribution in [0.3, 0.4) is 0 Å². The molecule has 0 radical (unpaired) electrons. The Morgan fingerprint density at radius 2 is 1.48 bits per heavy atom. The van der Waals surface area contributed by atoms with Gasteiger partial charge >= 0.3 is 0 Å². The van der Waals surface area contributed by atoms with Gasteiger partial charge in [-0.2, -0.15) is 0 Å². The maximum absolute atomic E-state index is 11.2. The highest BCUT2D eigenvalue weighted by molar-refractivity contribution is 9.10. The molecule has 0 aliphatic carbocycles. The van der Waals surface area contributed by atoms with Gasteiger partial charge in [-0.3, -0.25) is 0 Å². The summed E-state index contributed by atoms with van der Waals surface area (Å²) in [6.45, 7) is 0.325. The van der Waals surface area contributed by atoms with Crippen molar-refractivity contribution in [2.75, 3.05) is 6.61 Å². The third-order valence-corrected chi connectivity index (χ3v) is 5.90. The van der Waals surface area contributed by atoms with Gasteiger partial charge in [0.1, 0.15) is 29.0 Å². The Hall–Kier alpha value is -2.13. The fraction of sp³-hybridized carbons (Fsp3) is 0.292. The highest BCUT2D eigenvalue weighted by Crippen LogP contribution is 2.41. The Bertz CT molecular complexity index is 1010. The van der Waals surface area contributed by atoms with Crippen LogP contribution in [0.5, 0.6) is 0 Å². The summed E-state index contributed by atoms with van der Waals surface area (Å²) in [6.07, 6.45) is -3.83. The average molecular weight is 484 g/mol. The van der Waals surface area contributed by atoms with E-state index in [1.54, 1.807) is 6.07 Å². The lowest BCUT2D eigenvalue weighted by atomic mass is 9.97. The van der Waals surface area contributed by atoms with Gasteiger partial charge in [0.2, 0.25) is 0 Å². The molecule has 2 saturated heterocycles. The van der Waals surface area contributed by atoms with Crippen LogP contribution in [-0.2, 0) is 18.9 Å². The summed E-state index contributed by atoms with van der Waals surface area (Å²) in [5.74, 6) is 0. The van der Waals surface area contributed by atoms with E-state index in [4.69, 9.17) is 18.9 Å². The third kappa shape index (κ3) is 4.43. The molecule has 7 heteroatoms. The lowest BCUT2D eigenvalue weighted by Gasteiger charge is -2.47. The first-order valence-corrected chi connectivity index (χ1v) is 11.0. The van der Waals surface area contributed by atoms with Gasteiger partial charge in [-0.25, -0.2) is 4.98 Å². The van der Waals surface area contributed by atoms with E-state index in [-0.39, 0.29) is 0 Å². The van der Waals surface area contributed by atoms with E-state index in [9.17, 15) is 5.11 Å². The summed E-state index contributed by atoms with van der Waals surface area (Å²) in [5, 5.41) is 11.2. The molecule has 1 N–H and O–H groups in total. The third-order valence-electron chi connectivity index (χ3n) is 5.46. The minimum absolute atomic E-state index is 0.325. The molecule has 0 bridgehead atoms. The Balaban J connectivity index is 1.45. The molecular formula is C24H22BrNO5. The van der Waals surface area contributed by atoms with Crippen molar-refractivity contribution in [1.29, 1.82) is 0 Å². The number of pyridine rings is 1. The van der Waals surface area contributed by atoms with E-state index in [0.717, 1.165) is 11.1 Å². The van der Waals surface area contributed by atoms with Gasteiger partial charge in [-0.15, -0.1) is 0 Å². The standard InChI is InChI=1S/C24H22BrNO5/c25-19-13-7-12-17(26-19)20(27)22-21-18(29-24(31-22)16-10-5-2-6-11-16)14-28-23(30-21)15-8-3-1-4-9-15/h1-13,18,20-24,27H,14H2/t18-,20?,21-,22+,23?,24?/m1/s1. The number of nitrogens with zero attached hydrogens (tertiary/aromatic N) is 1. The molecule has 160 valence electrons. The number of halogens is 1. The Kier molecular flexibility index (Phi) is 6.13. The number of fused-ring (bicyclic) bond motifs is 1. The van der Waals surface area contributed by atoms with Crippen LogP contribution in [-0.4, -0.2) is 35.0 Å². The molecule has 3 aromatic rings. The van der Waals surface area contributed by atoms with Crippen molar-refractivity contribution in [3.63, 3.8) is 0 Å². The smallest absolute Gasteiger partial charge is 0.184 e. The molecule has 2 aliphatic rings. The summed E-state index contributed by atoms with van der Waals surface area (Å²) in [5.41, 5.74) is 2.27. The number of aliphatic hydroxyl groups excluding tert-OH is 1. The van der Waals surface area contributed by atoms with Crippen molar-refractivity contribution < 1.29 is 24.1 Å². The zero-order chi connectivity index (χ0) is 21.2. The van der Waals surface area contributed by atoms with Crippen LogP contribution in [0.15, 0.2) is 83.5 Å². The molecule has 3 heterocycles. The lowest BCUT2D eigenvalue weighted by Crippen LogP contribution is -2.56. The number of hydrogen-bond acceptors (Lipinski definition) is 6. The van der Waals surface area contributed by atoms with Crippen molar-refractivity contribution in [1.82, 2.24) is 4.98 Å². The SMILES string of the molecule is OC(c1cccc(Br)n1)[C@@H]1OC(c2ccccc2)O[C@@H]2COC(c3ccccc3)O[C@H]21. The molecule has 2 aliphatic heterocycles. The molecule has 2 aromatic carbocycles. The van der Waals surface area contributed by atoms with Gasteiger partial charge in [0, 0.05) is 11.1 Å². The molecule has 6 nitrogen and oxygen atoms in total. The van der Waals surface area contributed by atoms with Gasteiger partial charge in [0.05, 0.1) is 12.3 Å². The molecule has 0 amide bonds. The van der Waals surface area contributed by atoms with Gasteiger partial charge in [-0.05, 0) is 28.1 Å². The van der Waals surface area contributed by atoms with Crippen LogP contribution in [0.2, 0.25) is 0 Å². The van der Waals surface area contributed by atoms with Gasteiger partial charge in [0.25, 0.3) is 0 Å². The number of aliphatic hydroxyl groups is 1. The van der Waals surface area contributed by atoms with Crippen LogP contribution in [0.1, 0.15) is 35.5 Å². The highest BCUT2D eigenvalue weighted by atomic mass is 79.9. The van der Waals surface area contributed by atoms with Crippen molar-refractivity contribution in [3.8, 4) is 0 Å². The molecule has 3 unspecified atom stereocenters. The van der Waals surface area contributed by atoms with Crippen molar-refractivity contribution >= 4 is 15.9 Å². The van der Waals surface area contributed by atoms with E-state index >= 15 is 0 Å². The fourth-order valence-electron chi connectivity index (χ4n) is 3.93. The first kappa shape index (κ1) is 20.8. The predicted octanol–water partition coefficient (Wildman–Crippen LogP) is 4.47. The quantitative estimate of drug-likeness (QED) is 0.551. The summed E-state index contributed by atoms with van der Waals surface area (Å²) in [7, 11) is 0. The van der Waals surface area contributed by atoms with E-state index in [1.807, 2.05) is 72.8 Å². The van der Waals surface area contributed by atoms with Crippen LogP contribution < -0.4 is 0 Å². The maximum atomic E-state index is 11.2. The second-order valence-electron chi connectivity index (χ2n) is 7.52. The maximum Gasteiger partial charge on any atom is 0.184 e. The molecule has 6 atom stereocenters. The van der Waals surface area contributed by atoms with Crippen LogP contribution in [0.25, 0.3) is 0 Å². The molecule has 0 saturated carbocycles. The van der Waals surface area contributed by atoms with Gasteiger partial charge in [-0.1, -0.05) is 66.7 Å². The molecular weight excluding hydrogens is 462 g/mol. The predicted molar refractivity (Wildman–Crippen MR) is 116 cm³/mol. The van der Waals surface area contributed by atoms with Crippen molar-refractivity contribution in [3.05, 3.63) is 100 Å². The Labute approximate surface area is 188 Å². The number of benzene rings is 2. The molecule has 31 heavy (non-hydrogen) atoms. The average Bonchev–Trinajstić information content (AvgIpc) is 2.83. The highest BCUT2D eigenvalue weighted by Gasteiger charge is 2.48. The number of rotatable bonds is 4. The zero-order valence-electron chi connectivity index (χ0n) is 16.6. The van der Waals surface area contributed by atoms with Crippen LogP contribution in [0.4, 0.5) is 0 Å². The van der Waals surface area contributed by atoms with Crippen molar-refractivity contribution in [2.24, 2.45) is 0 Å². The first-order chi connectivity index (χ1) is 15.2. The normalized spacial score (nSPS) is 29.2. The second kappa shape index (κ2) is 9.16. The molecule has 2 fully saturated rings. The van der Waals surface area contributed by atoms with Crippen LogP contribution >= 0.6 is 15.9 Å². The first-order valence-electron chi connectivity index (χ1n) is 10.2. The van der Waals surface area contributed by atoms with Gasteiger partial charge < -0.3 is 24.1 Å². The topological polar surface area (TPSA) is 70.0 Å². The van der Waals surface area contributed by atoms with E-state index in [2.05, 4.69) is 20.9 Å². The van der Waals surface area contributed by atoms with Crippen molar-refractivity contribution in [2.45, 2.75) is 37.0 Å². The van der Waals surface area contributed by atoms with E-state index in [1.165, 1.54) is 0 Å². The molecule has 5 rings (SSSR count). The number of ether oxygens (including phenoxy) is 4. The minimum Gasteiger partial charge on any atom is -0.384 e. The monoisotopic (exact) mass is 483 g/mol. The number of hydrogen-bond donors (Lipinski definition) is 1. The Morgan fingerprint density at radius 1 is 0.806 bits per heavy atom. The van der Waals surface area contributed by atoms with Crippen LogP contribution in [0, 0.1) is 0 Å². The zero-order valence-corrected chi connectivity index (χ0v) is 18.2. The fourth-order valence-corrected chi connectivity index (χ4v) is 4.28. The summed E-state index contributed by atoms with van der Waals surface area (Å²) in [6, 6.07) is 24.8. The van der Waals surface area contributed by atoms with E-state index < -0.39 is 37.0 Å². The lowest BCUT2D eigenvalue weighted by molar-refractivity contribution is -0.373.